The Morgan fingerprint density at radius 1 is 1.43 bits per heavy atom. The predicted molar refractivity (Wildman–Crippen MR) is 70.4 cm³/mol. The number of carbonyl (C=O) groups excluding carboxylic acids is 2. The summed E-state index contributed by atoms with van der Waals surface area (Å²) in [6, 6.07) is 3.79. The van der Waals surface area contributed by atoms with Crippen LogP contribution in [-0.4, -0.2) is 25.8 Å². The molecule has 1 aromatic rings. The summed E-state index contributed by atoms with van der Waals surface area (Å²) in [5.41, 5.74) is 4.97. The maximum Gasteiger partial charge on any atom is 0.319 e. The lowest BCUT2D eigenvalue weighted by molar-refractivity contribution is -0.115. The highest BCUT2D eigenvalue weighted by molar-refractivity contribution is 6.08. The molecule has 2 rings (SSSR count). The van der Waals surface area contributed by atoms with Crippen LogP contribution < -0.4 is 25.3 Å². The molecule has 3 N–H and O–H groups in total. The summed E-state index contributed by atoms with van der Waals surface area (Å²) in [6.07, 6.45) is 1.26. The number of rotatable bonds is 3. The van der Waals surface area contributed by atoms with Crippen molar-refractivity contribution in [1.82, 2.24) is 5.32 Å². The number of amides is 3. The van der Waals surface area contributed by atoms with E-state index in [0.29, 0.717) is 22.8 Å². The van der Waals surface area contributed by atoms with Crippen LogP contribution in [0.15, 0.2) is 17.7 Å². The standard InChI is InChI=1S/C13H11N3O5/c1-19-9-4-11-10(20-6-21-11)3-7(9)2-8(5-14)12(17)16-13(15)18/h2-4H,6H2,1H3,(H3,15,16,17,18)/b8-2-. The Bertz CT molecular complexity index is 675. The van der Waals surface area contributed by atoms with Gasteiger partial charge in [-0.05, 0) is 12.1 Å². The van der Waals surface area contributed by atoms with Crippen molar-refractivity contribution in [3.05, 3.63) is 23.3 Å². The first-order valence-corrected chi connectivity index (χ1v) is 5.75. The van der Waals surface area contributed by atoms with Gasteiger partial charge in [0.1, 0.15) is 17.4 Å². The molecule has 8 nitrogen and oxygen atoms in total. The first-order chi connectivity index (χ1) is 10.0. The van der Waals surface area contributed by atoms with E-state index in [1.165, 1.54) is 13.2 Å². The number of nitriles is 1. The number of methoxy groups -OCH3 is 1. The van der Waals surface area contributed by atoms with Crippen molar-refractivity contribution >= 4 is 18.0 Å². The summed E-state index contributed by atoms with van der Waals surface area (Å²) in [6.45, 7) is 0.0823. The Labute approximate surface area is 119 Å². The second-order valence-corrected chi connectivity index (χ2v) is 3.94. The largest absolute Gasteiger partial charge is 0.496 e. The number of ether oxygens (including phenoxy) is 3. The van der Waals surface area contributed by atoms with Crippen LogP contribution in [0.25, 0.3) is 6.08 Å². The van der Waals surface area contributed by atoms with E-state index in [4.69, 9.17) is 25.2 Å². The maximum atomic E-state index is 11.6. The van der Waals surface area contributed by atoms with Gasteiger partial charge < -0.3 is 19.9 Å². The van der Waals surface area contributed by atoms with Crippen molar-refractivity contribution in [2.45, 2.75) is 0 Å². The summed E-state index contributed by atoms with van der Waals surface area (Å²) in [7, 11) is 1.43. The Kier molecular flexibility index (Phi) is 3.95. The first-order valence-electron chi connectivity index (χ1n) is 5.75. The van der Waals surface area contributed by atoms with Crippen molar-refractivity contribution in [3.8, 4) is 23.3 Å². The van der Waals surface area contributed by atoms with E-state index in [-0.39, 0.29) is 12.4 Å². The minimum absolute atomic E-state index is 0.0823. The third-order valence-electron chi connectivity index (χ3n) is 2.63. The molecule has 0 saturated carbocycles. The molecule has 0 aliphatic carbocycles. The minimum Gasteiger partial charge on any atom is -0.496 e. The van der Waals surface area contributed by atoms with Crippen LogP contribution in [0.3, 0.4) is 0 Å². The number of primary amides is 1. The summed E-state index contributed by atoms with van der Waals surface area (Å²) < 4.78 is 15.6. The minimum atomic E-state index is -1.04. The second-order valence-electron chi connectivity index (χ2n) is 3.94. The Hall–Kier alpha value is -3.21. The number of carbonyl (C=O) groups is 2. The van der Waals surface area contributed by atoms with Crippen LogP contribution in [0, 0.1) is 11.3 Å². The van der Waals surface area contributed by atoms with Gasteiger partial charge in [0.25, 0.3) is 5.91 Å². The molecule has 1 aliphatic heterocycles. The van der Waals surface area contributed by atoms with Gasteiger partial charge in [-0.2, -0.15) is 5.26 Å². The van der Waals surface area contributed by atoms with Crippen LogP contribution in [0.1, 0.15) is 5.56 Å². The number of benzene rings is 1. The molecule has 0 fully saturated rings. The number of imide groups is 1. The van der Waals surface area contributed by atoms with Crippen LogP contribution in [0.4, 0.5) is 4.79 Å². The van der Waals surface area contributed by atoms with E-state index in [0.717, 1.165) is 0 Å². The number of hydrogen-bond acceptors (Lipinski definition) is 6. The van der Waals surface area contributed by atoms with Gasteiger partial charge >= 0.3 is 6.03 Å². The molecule has 21 heavy (non-hydrogen) atoms. The van der Waals surface area contributed by atoms with Crippen LogP contribution in [0.2, 0.25) is 0 Å². The predicted octanol–water partition coefficient (Wildman–Crippen LogP) is 0.526. The Balaban J connectivity index is 2.40. The lowest BCUT2D eigenvalue weighted by atomic mass is 10.1. The number of nitrogens with two attached hydrogens (primary N) is 1. The van der Waals surface area contributed by atoms with E-state index in [2.05, 4.69) is 0 Å². The quantitative estimate of drug-likeness (QED) is 0.617. The molecular weight excluding hydrogens is 278 g/mol. The van der Waals surface area contributed by atoms with E-state index in [1.54, 1.807) is 18.2 Å². The fourth-order valence-corrected chi connectivity index (χ4v) is 1.71. The van der Waals surface area contributed by atoms with Gasteiger partial charge in [0.05, 0.1) is 7.11 Å². The number of urea groups is 1. The van der Waals surface area contributed by atoms with Crippen molar-refractivity contribution in [2.75, 3.05) is 13.9 Å². The monoisotopic (exact) mass is 289 g/mol. The summed E-state index contributed by atoms with van der Waals surface area (Å²) in [5.74, 6) is 0.460. The molecule has 0 saturated heterocycles. The molecule has 8 heteroatoms. The fraction of sp³-hybridized carbons (Fsp3) is 0.154. The summed E-state index contributed by atoms with van der Waals surface area (Å²) in [4.78, 5) is 22.3. The lowest BCUT2D eigenvalue weighted by Crippen LogP contribution is -2.35. The molecule has 108 valence electrons. The average Bonchev–Trinajstić information content (AvgIpc) is 2.89. The molecular formula is C13H11N3O5. The first kappa shape index (κ1) is 14.2. The van der Waals surface area contributed by atoms with Crippen molar-refractivity contribution in [2.24, 2.45) is 5.73 Å². The number of hydrogen-bond donors (Lipinski definition) is 2. The maximum absolute atomic E-state index is 11.6. The zero-order valence-corrected chi connectivity index (χ0v) is 11.0. The van der Waals surface area contributed by atoms with Crippen LogP contribution in [0.5, 0.6) is 17.2 Å². The van der Waals surface area contributed by atoms with Crippen molar-refractivity contribution in [1.29, 1.82) is 5.26 Å². The zero-order chi connectivity index (χ0) is 15.4. The fourth-order valence-electron chi connectivity index (χ4n) is 1.71. The molecule has 0 aromatic heterocycles. The Morgan fingerprint density at radius 3 is 2.67 bits per heavy atom. The van der Waals surface area contributed by atoms with Gasteiger partial charge in [0, 0.05) is 11.6 Å². The highest BCUT2D eigenvalue weighted by Crippen LogP contribution is 2.38. The molecule has 0 spiro atoms. The van der Waals surface area contributed by atoms with Gasteiger partial charge in [0.15, 0.2) is 11.5 Å². The molecule has 1 aromatic carbocycles. The SMILES string of the molecule is COc1cc2c(cc1/C=C(/C#N)C(=O)NC(N)=O)OCO2. The number of nitrogens with zero attached hydrogens (tertiary/aromatic N) is 1. The van der Waals surface area contributed by atoms with E-state index < -0.39 is 11.9 Å². The van der Waals surface area contributed by atoms with Crippen molar-refractivity contribution in [3.63, 3.8) is 0 Å². The molecule has 3 amide bonds. The molecule has 1 aliphatic rings. The topological polar surface area (TPSA) is 124 Å². The summed E-state index contributed by atoms with van der Waals surface area (Å²) >= 11 is 0. The number of nitrogens with one attached hydrogen (secondary N) is 1. The molecule has 0 unspecified atom stereocenters. The smallest absolute Gasteiger partial charge is 0.319 e. The Morgan fingerprint density at radius 2 is 2.10 bits per heavy atom. The molecule has 1 heterocycles. The average molecular weight is 289 g/mol. The van der Waals surface area contributed by atoms with E-state index >= 15 is 0 Å². The normalized spacial score (nSPS) is 12.5. The van der Waals surface area contributed by atoms with Crippen LogP contribution in [-0.2, 0) is 4.79 Å². The number of fused-ring (bicyclic) bond motifs is 1. The molecule has 0 radical (unpaired) electrons. The third-order valence-corrected chi connectivity index (χ3v) is 2.63. The molecule has 0 bridgehead atoms. The van der Waals surface area contributed by atoms with Gasteiger partial charge in [-0.1, -0.05) is 0 Å². The summed E-state index contributed by atoms with van der Waals surface area (Å²) in [5, 5.41) is 10.8. The van der Waals surface area contributed by atoms with Gasteiger partial charge in [-0.25, -0.2) is 4.79 Å². The van der Waals surface area contributed by atoms with Crippen LogP contribution >= 0.6 is 0 Å². The van der Waals surface area contributed by atoms with E-state index in [9.17, 15) is 9.59 Å². The highest BCUT2D eigenvalue weighted by Gasteiger charge is 2.18. The van der Waals surface area contributed by atoms with E-state index in [1.807, 2.05) is 5.32 Å². The second kappa shape index (κ2) is 5.83. The molecule has 0 atom stereocenters. The lowest BCUT2D eigenvalue weighted by Gasteiger charge is -2.07. The van der Waals surface area contributed by atoms with Gasteiger partial charge in [0.2, 0.25) is 6.79 Å². The van der Waals surface area contributed by atoms with Gasteiger partial charge in [-0.3, -0.25) is 10.1 Å². The third kappa shape index (κ3) is 3.03. The van der Waals surface area contributed by atoms with Crippen molar-refractivity contribution < 1.29 is 23.8 Å². The highest BCUT2D eigenvalue weighted by atomic mass is 16.7. The zero-order valence-electron chi connectivity index (χ0n) is 11.0. The van der Waals surface area contributed by atoms with Gasteiger partial charge in [-0.15, -0.1) is 0 Å².